The standard InChI is InChI=1S/C21H23N3OS2/c1-26-15-16-5-4-6-17(13-16)21(25)24-11-9-23(10-12-24)14-20-22-18-7-2-3-8-19(18)27-20/h2-8,13H,9-12,14-15H2,1H3/p+1. The Morgan fingerprint density at radius 1 is 1.19 bits per heavy atom. The number of hydrogen-bond acceptors (Lipinski definition) is 4. The molecule has 1 aromatic heterocycles. The number of benzene rings is 2. The van der Waals surface area contributed by atoms with Crippen molar-refractivity contribution in [1.82, 2.24) is 9.88 Å². The topological polar surface area (TPSA) is 37.6 Å². The molecular formula is C21H24N3OS2+. The largest absolute Gasteiger partial charge is 0.327 e. The Bertz CT molecular complexity index is 899. The summed E-state index contributed by atoms with van der Waals surface area (Å²) in [6.07, 6.45) is 2.09. The molecule has 140 valence electrons. The molecule has 0 spiro atoms. The van der Waals surface area contributed by atoms with E-state index < -0.39 is 0 Å². The molecule has 1 N–H and O–H groups in total. The summed E-state index contributed by atoms with van der Waals surface area (Å²) < 4.78 is 1.26. The average Bonchev–Trinajstić information content (AvgIpc) is 3.11. The molecule has 1 amide bonds. The van der Waals surface area contributed by atoms with Crippen molar-refractivity contribution in [1.29, 1.82) is 0 Å². The third kappa shape index (κ3) is 4.34. The van der Waals surface area contributed by atoms with Gasteiger partial charge >= 0.3 is 0 Å². The average molecular weight is 399 g/mol. The van der Waals surface area contributed by atoms with Crippen LogP contribution in [0.5, 0.6) is 0 Å². The van der Waals surface area contributed by atoms with Gasteiger partial charge < -0.3 is 9.80 Å². The molecule has 4 rings (SSSR count). The van der Waals surface area contributed by atoms with Crippen LogP contribution in [0.3, 0.4) is 0 Å². The molecule has 0 atom stereocenters. The molecule has 1 aliphatic rings. The Kier molecular flexibility index (Phi) is 5.76. The molecule has 1 fully saturated rings. The molecule has 1 aliphatic heterocycles. The summed E-state index contributed by atoms with van der Waals surface area (Å²) in [6, 6.07) is 16.4. The van der Waals surface area contributed by atoms with Crippen molar-refractivity contribution >= 4 is 39.2 Å². The monoisotopic (exact) mass is 398 g/mol. The number of nitrogens with zero attached hydrogens (tertiary/aromatic N) is 2. The molecule has 6 heteroatoms. The van der Waals surface area contributed by atoms with Crippen molar-refractivity contribution in [3.8, 4) is 0 Å². The van der Waals surface area contributed by atoms with Gasteiger partial charge in [0.1, 0.15) is 11.6 Å². The van der Waals surface area contributed by atoms with E-state index in [4.69, 9.17) is 4.98 Å². The first-order valence-electron chi connectivity index (χ1n) is 9.28. The first-order valence-corrected chi connectivity index (χ1v) is 11.5. The zero-order valence-corrected chi connectivity index (χ0v) is 17.1. The first-order chi connectivity index (χ1) is 13.2. The number of amides is 1. The maximum atomic E-state index is 12.8. The predicted molar refractivity (Wildman–Crippen MR) is 114 cm³/mol. The number of aromatic nitrogens is 1. The van der Waals surface area contributed by atoms with E-state index in [0.29, 0.717) is 0 Å². The van der Waals surface area contributed by atoms with Crippen LogP contribution >= 0.6 is 23.1 Å². The number of fused-ring (bicyclic) bond motifs is 1. The van der Waals surface area contributed by atoms with Crippen LogP contribution in [0.1, 0.15) is 20.9 Å². The van der Waals surface area contributed by atoms with Crippen molar-refractivity contribution in [3.63, 3.8) is 0 Å². The lowest BCUT2D eigenvalue weighted by Gasteiger charge is -2.32. The highest BCUT2D eigenvalue weighted by molar-refractivity contribution is 7.97. The van der Waals surface area contributed by atoms with Crippen LogP contribution in [-0.2, 0) is 12.3 Å². The summed E-state index contributed by atoms with van der Waals surface area (Å²) in [4.78, 5) is 21.1. The number of hydrogen-bond donors (Lipinski definition) is 1. The number of nitrogens with one attached hydrogen (secondary N) is 1. The van der Waals surface area contributed by atoms with E-state index >= 15 is 0 Å². The summed E-state index contributed by atoms with van der Waals surface area (Å²) in [6.45, 7) is 4.53. The number of thioether (sulfide) groups is 1. The summed E-state index contributed by atoms with van der Waals surface area (Å²) in [7, 11) is 0. The number of thiazole rings is 1. The van der Waals surface area contributed by atoms with Crippen LogP contribution in [0.2, 0.25) is 0 Å². The minimum absolute atomic E-state index is 0.164. The van der Waals surface area contributed by atoms with Gasteiger partial charge in [-0.25, -0.2) is 4.98 Å². The number of carbonyl (C=O) groups excluding carboxylic acids is 1. The number of rotatable bonds is 5. The second-order valence-corrected chi connectivity index (χ2v) is 8.91. The summed E-state index contributed by atoms with van der Waals surface area (Å²) in [5.74, 6) is 1.11. The van der Waals surface area contributed by atoms with E-state index in [-0.39, 0.29) is 5.91 Å². The van der Waals surface area contributed by atoms with Gasteiger partial charge in [-0.1, -0.05) is 24.3 Å². The minimum Gasteiger partial charge on any atom is -0.327 e. The quantitative estimate of drug-likeness (QED) is 0.718. The van der Waals surface area contributed by atoms with Crippen LogP contribution in [0.4, 0.5) is 0 Å². The molecule has 0 bridgehead atoms. The number of piperazine rings is 1. The fourth-order valence-electron chi connectivity index (χ4n) is 3.56. The van der Waals surface area contributed by atoms with Gasteiger partial charge in [0.05, 0.1) is 36.4 Å². The normalized spacial score (nSPS) is 15.4. The first kappa shape index (κ1) is 18.5. The van der Waals surface area contributed by atoms with Crippen molar-refractivity contribution in [2.24, 2.45) is 0 Å². The fourth-order valence-corrected chi connectivity index (χ4v) is 5.11. The Morgan fingerprint density at radius 3 is 2.78 bits per heavy atom. The Balaban J connectivity index is 1.35. The molecule has 0 unspecified atom stereocenters. The van der Waals surface area contributed by atoms with Crippen LogP contribution in [0.25, 0.3) is 10.2 Å². The van der Waals surface area contributed by atoms with E-state index in [1.807, 2.05) is 29.2 Å². The lowest BCUT2D eigenvalue weighted by atomic mass is 10.1. The van der Waals surface area contributed by atoms with E-state index in [0.717, 1.165) is 49.6 Å². The maximum Gasteiger partial charge on any atom is 0.254 e. The third-order valence-electron chi connectivity index (χ3n) is 4.98. The molecule has 1 saturated heterocycles. The molecule has 27 heavy (non-hydrogen) atoms. The molecule has 3 aromatic rings. The van der Waals surface area contributed by atoms with E-state index in [1.165, 1.54) is 20.2 Å². The molecule has 0 saturated carbocycles. The molecule has 4 nitrogen and oxygen atoms in total. The van der Waals surface area contributed by atoms with Gasteiger partial charge in [0.25, 0.3) is 5.91 Å². The van der Waals surface area contributed by atoms with Gasteiger partial charge in [0.2, 0.25) is 0 Å². The summed E-state index contributed by atoms with van der Waals surface area (Å²) >= 11 is 3.57. The lowest BCUT2D eigenvalue weighted by Crippen LogP contribution is -3.13. The van der Waals surface area contributed by atoms with E-state index in [2.05, 4.69) is 30.5 Å². The highest BCUT2D eigenvalue weighted by atomic mass is 32.2. The van der Waals surface area contributed by atoms with Crippen LogP contribution in [0, 0.1) is 0 Å². The fraction of sp³-hybridized carbons (Fsp3) is 0.333. The summed E-state index contributed by atoms with van der Waals surface area (Å²) in [5, 5.41) is 1.19. The van der Waals surface area contributed by atoms with E-state index in [1.54, 1.807) is 23.1 Å². The molecule has 0 radical (unpaired) electrons. The van der Waals surface area contributed by atoms with Gasteiger partial charge in [-0.05, 0) is 36.1 Å². The van der Waals surface area contributed by atoms with E-state index in [9.17, 15) is 4.79 Å². The molecular weight excluding hydrogens is 374 g/mol. The number of carbonyl (C=O) groups is 1. The molecule has 2 aromatic carbocycles. The van der Waals surface area contributed by atoms with Crippen LogP contribution < -0.4 is 4.90 Å². The smallest absolute Gasteiger partial charge is 0.254 e. The van der Waals surface area contributed by atoms with Crippen LogP contribution in [0.15, 0.2) is 48.5 Å². The zero-order valence-electron chi connectivity index (χ0n) is 15.5. The van der Waals surface area contributed by atoms with Gasteiger partial charge in [-0.3, -0.25) is 4.79 Å². The zero-order chi connectivity index (χ0) is 18.6. The highest BCUT2D eigenvalue weighted by Gasteiger charge is 2.25. The summed E-state index contributed by atoms with van der Waals surface area (Å²) in [5.41, 5.74) is 3.13. The highest BCUT2D eigenvalue weighted by Crippen LogP contribution is 2.20. The second-order valence-electron chi connectivity index (χ2n) is 6.93. The SMILES string of the molecule is CSCc1cccc(C(=O)N2CC[NH+](Cc3nc4ccccc4s3)CC2)c1. The van der Waals surface area contributed by atoms with Gasteiger partial charge in [0.15, 0.2) is 0 Å². The van der Waals surface area contributed by atoms with Gasteiger partial charge in [-0.15, -0.1) is 11.3 Å². The van der Waals surface area contributed by atoms with Gasteiger partial charge in [-0.2, -0.15) is 11.8 Å². The Hall–Kier alpha value is -1.89. The Labute approximate surface area is 168 Å². The second kappa shape index (κ2) is 8.42. The predicted octanol–water partition coefficient (Wildman–Crippen LogP) is 2.70. The maximum absolute atomic E-state index is 12.8. The van der Waals surface area contributed by atoms with Crippen molar-refractivity contribution in [3.05, 3.63) is 64.7 Å². The van der Waals surface area contributed by atoms with Crippen molar-refractivity contribution in [2.75, 3.05) is 32.4 Å². The molecule has 2 heterocycles. The van der Waals surface area contributed by atoms with Crippen molar-refractivity contribution in [2.45, 2.75) is 12.3 Å². The third-order valence-corrected chi connectivity index (χ3v) is 6.64. The number of para-hydroxylation sites is 1. The van der Waals surface area contributed by atoms with Crippen molar-refractivity contribution < 1.29 is 9.69 Å². The Morgan fingerprint density at radius 2 is 2.00 bits per heavy atom. The minimum atomic E-state index is 0.164. The van der Waals surface area contributed by atoms with Crippen LogP contribution in [-0.4, -0.2) is 48.2 Å². The number of quaternary nitrogens is 1. The lowest BCUT2D eigenvalue weighted by molar-refractivity contribution is -0.917. The molecule has 0 aliphatic carbocycles. The van der Waals surface area contributed by atoms with Gasteiger partial charge in [0, 0.05) is 11.3 Å².